The van der Waals surface area contributed by atoms with Gasteiger partial charge < -0.3 is 19.7 Å². The molecule has 1 aromatic carbocycles. The fraction of sp³-hybridized carbons (Fsp3) is 0.550. The Morgan fingerprint density at radius 3 is 2.70 bits per heavy atom. The van der Waals surface area contributed by atoms with Gasteiger partial charge in [-0.05, 0) is 24.5 Å². The van der Waals surface area contributed by atoms with E-state index in [1.807, 2.05) is 13.8 Å². The number of carbonyl (C=O) groups is 3. The summed E-state index contributed by atoms with van der Waals surface area (Å²) in [5.74, 6) is -1.09. The van der Waals surface area contributed by atoms with Gasteiger partial charge in [-0.25, -0.2) is 8.42 Å². The number of hydrogen-bond donors (Lipinski definition) is 1. The summed E-state index contributed by atoms with van der Waals surface area (Å²) in [7, 11) is -3.15. The summed E-state index contributed by atoms with van der Waals surface area (Å²) in [6.45, 7) is 3.72. The topological polar surface area (TPSA) is 119 Å². The van der Waals surface area contributed by atoms with Gasteiger partial charge in [0.1, 0.15) is 5.75 Å². The molecule has 9 nitrogen and oxygen atoms in total. The molecule has 0 aromatic heterocycles. The highest BCUT2D eigenvalue weighted by molar-refractivity contribution is 7.91. The van der Waals surface area contributed by atoms with E-state index in [9.17, 15) is 22.8 Å². The van der Waals surface area contributed by atoms with Gasteiger partial charge in [0, 0.05) is 12.6 Å². The smallest absolute Gasteiger partial charge is 0.310 e. The average Bonchev–Trinajstić information content (AvgIpc) is 3.04. The molecule has 0 aliphatic carbocycles. The van der Waals surface area contributed by atoms with Gasteiger partial charge in [0.2, 0.25) is 0 Å². The first-order valence-corrected chi connectivity index (χ1v) is 11.7. The summed E-state index contributed by atoms with van der Waals surface area (Å²) in [6.07, 6.45) is -1.01. The van der Waals surface area contributed by atoms with Crippen LogP contribution in [0.15, 0.2) is 24.3 Å². The normalized spacial score (nSPS) is 22.0. The van der Waals surface area contributed by atoms with E-state index in [4.69, 9.17) is 9.47 Å². The van der Waals surface area contributed by atoms with Crippen LogP contribution in [0.25, 0.3) is 0 Å². The number of anilines is 1. The average molecular weight is 439 g/mol. The molecule has 2 heterocycles. The quantitative estimate of drug-likeness (QED) is 0.631. The molecule has 0 spiro atoms. The van der Waals surface area contributed by atoms with E-state index in [-0.39, 0.29) is 23.8 Å². The molecule has 1 fully saturated rings. The summed E-state index contributed by atoms with van der Waals surface area (Å²) < 4.78 is 34.2. The van der Waals surface area contributed by atoms with E-state index in [1.54, 1.807) is 24.3 Å². The first kappa shape index (κ1) is 22.1. The highest BCUT2D eigenvalue weighted by Gasteiger charge is 2.35. The Hall–Kier alpha value is -2.62. The molecule has 1 saturated heterocycles. The number of esters is 1. The van der Waals surface area contributed by atoms with Gasteiger partial charge in [0.05, 0.1) is 23.6 Å². The maximum absolute atomic E-state index is 12.6. The molecule has 0 bridgehead atoms. The van der Waals surface area contributed by atoms with Crippen molar-refractivity contribution >= 4 is 33.3 Å². The number of nitrogens with one attached hydrogen (secondary N) is 1. The van der Waals surface area contributed by atoms with Crippen molar-refractivity contribution < 1.29 is 32.3 Å². The lowest BCUT2D eigenvalue weighted by molar-refractivity contribution is -0.155. The Morgan fingerprint density at radius 2 is 2.03 bits per heavy atom. The van der Waals surface area contributed by atoms with Crippen molar-refractivity contribution in [2.24, 2.45) is 5.92 Å². The number of fused-ring (bicyclic) bond motifs is 1. The molecule has 164 valence electrons. The molecule has 2 aliphatic heterocycles. The molecule has 2 unspecified atom stereocenters. The monoisotopic (exact) mass is 438 g/mol. The zero-order valence-corrected chi connectivity index (χ0v) is 17.8. The van der Waals surface area contributed by atoms with Crippen LogP contribution >= 0.6 is 0 Å². The third-order valence-corrected chi connectivity index (χ3v) is 6.70. The van der Waals surface area contributed by atoms with Crippen LogP contribution in [-0.4, -0.2) is 67.9 Å². The Kier molecular flexibility index (Phi) is 6.64. The number of rotatable bonds is 7. The van der Waals surface area contributed by atoms with Crippen LogP contribution < -0.4 is 10.1 Å². The first-order valence-electron chi connectivity index (χ1n) is 9.86. The van der Waals surface area contributed by atoms with Crippen LogP contribution in [0.2, 0.25) is 0 Å². The van der Waals surface area contributed by atoms with Crippen molar-refractivity contribution in [3.8, 4) is 5.75 Å². The second-order valence-electron chi connectivity index (χ2n) is 7.95. The van der Waals surface area contributed by atoms with Gasteiger partial charge in [-0.2, -0.15) is 0 Å². The van der Waals surface area contributed by atoms with Crippen LogP contribution in [-0.2, 0) is 29.0 Å². The van der Waals surface area contributed by atoms with E-state index in [0.29, 0.717) is 24.4 Å². The SMILES string of the molecule is CC(C)CN(C(=O)COC(=O)CC1Oc2ccccc2NC1=O)C1CCS(=O)(=O)C1. The lowest BCUT2D eigenvalue weighted by atomic mass is 10.1. The predicted molar refractivity (Wildman–Crippen MR) is 109 cm³/mol. The van der Waals surface area contributed by atoms with Crippen LogP contribution in [0.4, 0.5) is 5.69 Å². The van der Waals surface area contributed by atoms with Gasteiger partial charge in [-0.15, -0.1) is 0 Å². The minimum absolute atomic E-state index is 0.0505. The molecule has 30 heavy (non-hydrogen) atoms. The fourth-order valence-corrected chi connectivity index (χ4v) is 5.26. The van der Waals surface area contributed by atoms with E-state index < -0.39 is 46.4 Å². The summed E-state index contributed by atoms with van der Waals surface area (Å²) in [4.78, 5) is 38.4. The molecule has 10 heteroatoms. The molecule has 0 saturated carbocycles. The van der Waals surface area contributed by atoms with Crippen molar-refractivity contribution in [1.82, 2.24) is 4.90 Å². The van der Waals surface area contributed by atoms with Crippen LogP contribution in [0, 0.1) is 5.92 Å². The Bertz CT molecular complexity index is 929. The second kappa shape index (κ2) is 9.03. The third-order valence-electron chi connectivity index (χ3n) is 4.95. The van der Waals surface area contributed by atoms with E-state index >= 15 is 0 Å². The van der Waals surface area contributed by atoms with E-state index in [1.165, 1.54) is 4.90 Å². The number of sulfone groups is 1. The largest absolute Gasteiger partial charge is 0.478 e. The first-order chi connectivity index (χ1) is 14.1. The van der Waals surface area contributed by atoms with Crippen LogP contribution in [0.1, 0.15) is 26.7 Å². The van der Waals surface area contributed by atoms with Crippen LogP contribution in [0.3, 0.4) is 0 Å². The van der Waals surface area contributed by atoms with Gasteiger partial charge in [-0.3, -0.25) is 14.4 Å². The Morgan fingerprint density at radius 1 is 1.30 bits per heavy atom. The third kappa shape index (κ3) is 5.50. The molecule has 2 aliphatic rings. The lowest BCUT2D eigenvalue weighted by Crippen LogP contribution is -2.45. The minimum Gasteiger partial charge on any atom is -0.478 e. The van der Waals surface area contributed by atoms with Crippen molar-refractivity contribution in [3.05, 3.63) is 24.3 Å². The van der Waals surface area contributed by atoms with Gasteiger partial charge in [0.25, 0.3) is 11.8 Å². The van der Waals surface area contributed by atoms with Crippen molar-refractivity contribution in [2.45, 2.75) is 38.8 Å². The maximum atomic E-state index is 12.6. The highest BCUT2D eigenvalue weighted by Crippen LogP contribution is 2.29. The summed E-state index contributed by atoms with van der Waals surface area (Å²) in [6, 6.07) is 6.45. The van der Waals surface area contributed by atoms with Crippen molar-refractivity contribution in [3.63, 3.8) is 0 Å². The standard InChI is InChI=1S/C20H26N2O7S/c1-13(2)10-22(14-7-8-30(26,27)12-14)18(23)11-28-19(24)9-17-20(25)21-15-5-3-4-6-16(15)29-17/h3-6,13-14,17H,7-12H2,1-2H3,(H,21,25). The lowest BCUT2D eigenvalue weighted by Gasteiger charge is -2.30. The second-order valence-corrected chi connectivity index (χ2v) is 10.2. The molecule has 2 atom stereocenters. The predicted octanol–water partition coefficient (Wildman–Crippen LogP) is 0.991. The number of para-hydroxylation sites is 2. The zero-order valence-electron chi connectivity index (χ0n) is 17.0. The number of hydrogen-bond acceptors (Lipinski definition) is 7. The van der Waals surface area contributed by atoms with Gasteiger partial charge in [-0.1, -0.05) is 26.0 Å². The molecule has 2 amide bonds. The molecular formula is C20H26N2O7S. The Labute approximate surface area is 175 Å². The summed E-state index contributed by atoms with van der Waals surface area (Å²) >= 11 is 0. The summed E-state index contributed by atoms with van der Waals surface area (Å²) in [5, 5.41) is 2.66. The van der Waals surface area contributed by atoms with E-state index in [0.717, 1.165) is 0 Å². The molecule has 1 aromatic rings. The highest BCUT2D eigenvalue weighted by atomic mass is 32.2. The van der Waals surface area contributed by atoms with Gasteiger partial charge in [0.15, 0.2) is 22.5 Å². The molecular weight excluding hydrogens is 412 g/mol. The molecule has 1 N–H and O–H groups in total. The number of amides is 2. The maximum Gasteiger partial charge on any atom is 0.310 e. The Balaban J connectivity index is 1.55. The van der Waals surface area contributed by atoms with Gasteiger partial charge >= 0.3 is 5.97 Å². The molecule has 0 radical (unpaired) electrons. The summed E-state index contributed by atoms with van der Waals surface area (Å²) in [5.41, 5.74) is 0.526. The number of ether oxygens (including phenoxy) is 2. The van der Waals surface area contributed by atoms with E-state index in [2.05, 4.69) is 5.32 Å². The minimum atomic E-state index is -3.15. The van der Waals surface area contributed by atoms with Crippen molar-refractivity contribution in [1.29, 1.82) is 0 Å². The number of carbonyl (C=O) groups excluding carboxylic acids is 3. The number of nitrogens with zero attached hydrogens (tertiary/aromatic N) is 1. The zero-order chi connectivity index (χ0) is 21.9. The van der Waals surface area contributed by atoms with Crippen LogP contribution in [0.5, 0.6) is 5.75 Å². The number of benzene rings is 1. The van der Waals surface area contributed by atoms with Crippen molar-refractivity contribution in [2.75, 3.05) is 30.0 Å². The fourth-order valence-electron chi connectivity index (χ4n) is 3.53. The molecule has 3 rings (SSSR count).